The van der Waals surface area contributed by atoms with Crippen LogP contribution in [0.2, 0.25) is 0 Å². The highest BCUT2D eigenvalue weighted by Crippen LogP contribution is 2.18. The molecule has 7 nitrogen and oxygen atoms in total. The lowest BCUT2D eigenvalue weighted by molar-refractivity contribution is 0.0887. The maximum Gasteiger partial charge on any atom is 0.273 e. The molecule has 0 radical (unpaired) electrons. The van der Waals surface area contributed by atoms with Gasteiger partial charge in [0.25, 0.3) is 5.91 Å². The molecule has 0 saturated carbocycles. The number of amides is 1. The molecule has 2 aromatic rings. The summed E-state index contributed by atoms with van der Waals surface area (Å²) in [5, 5.41) is 14.7. The van der Waals surface area contributed by atoms with Crippen molar-refractivity contribution in [2.24, 2.45) is 0 Å². The largest absolute Gasteiger partial charge is 0.383 e. The van der Waals surface area contributed by atoms with Gasteiger partial charge in [0.15, 0.2) is 5.69 Å². The van der Waals surface area contributed by atoms with Gasteiger partial charge in [-0.25, -0.2) is 0 Å². The van der Waals surface area contributed by atoms with Crippen molar-refractivity contribution in [1.29, 1.82) is 0 Å². The SMILES string of the molecule is COCC1(CNC(=O)c2cnn(-c3ccccc3)n2)CCCN1.Cl. The van der Waals surface area contributed by atoms with Crippen LogP contribution in [0.5, 0.6) is 0 Å². The maximum atomic E-state index is 12.3. The second-order valence-corrected chi connectivity index (χ2v) is 5.78. The lowest BCUT2D eigenvalue weighted by Crippen LogP contribution is -2.53. The van der Waals surface area contributed by atoms with Gasteiger partial charge in [-0.3, -0.25) is 4.79 Å². The zero-order chi connectivity index (χ0) is 16.1. The summed E-state index contributed by atoms with van der Waals surface area (Å²) in [5.41, 5.74) is 0.944. The first-order chi connectivity index (χ1) is 11.2. The summed E-state index contributed by atoms with van der Waals surface area (Å²) in [5.74, 6) is -0.226. The zero-order valence-corrected chi connectivity index (χ0v) is 14.4. The molecule has 3 rings (SSSR count). The van der Waals surface area contributed by atoms with Gasteiger partial charge < -0.3 is 15.4 Å². The Bertz CT molecular complexity index is 655. The molecule has 0 spiro atoms. The lowest BCUT2D eigenvalue weighted by Gasteiger charge is -2.28. The first-order valence-corrected chi connectivity index (χ1v) is 7.72. The molecule has 1 saturated heterocycles. The molecular formula is C16H22ClN5O2. The number of carbonyl (C=O) groups is 1. The Hall–Kier alpha value is -1.96. The average molecular weight is 352 g/mol. The summed E-state index contributed by atoms with van der Waals surface area (Å²) >= 11 is 0. The van der Waals surface area contributed by atoms with Crippen LogP contribution in [0.1, 0.15) is 23.3 Å². The summed E-state index contributed by atoms with van der Waals surface area (Å²) < 4.78 is 5.28. The van der Waals surface area contributed by atoms with E-state index in [1.54, 1.807) is 7.11 Å². The minimum absolute atomic E-state index is 0. The summed E-state index contributed by atoms with van der Waals surface area (Å²) in [6.45, 7) is 2.03. The van der Waals surface area contributed by atoms with E-state index < -0.39 is 0 Å². The number of rotatable bonds is 6. The topological polar surface area (TPSA) is 81.1 Å². The first kappa shape index (κ1) is 18.4. The van der Waals surface area contributed by atoms with Gasteiger partial charge in [0, 0.05) is 13.7 Å². The molecule has 130 valence electrons. The molecule has 2 heterocycles. The molecule has 0 aliphatic carbocycles. The quantitative estimate of drug-likeness (QED) is 0.817. The van der Waals surface area contributed by atoms with E-state index >= 15 is 0 Å². The van der Waals surface area contributed by atoms with E-state index in [0.29, 0.717) is 18.8 Å². The van der Waals surface area contributed by atoms with E-state index in [-0.39, 0.29) is 23.9 Å². The molecule has 24 heavy (non-hydrogen) atoms. The van der Waals surface area contributed by atoms with Gasteiger partial charge in [-0.1, -0.05) is 18.2 Å². The van der Waals surface area contributed by atoms with E-state index in [9.17, 15) is 4.79 Å². The molecule has 1 aromatic heterocycles. The molecule has 1 atom stereocenters. The lowest BCUT2D eigenvalue weighted by atomic mass is 9.98. The number of ether oxygens (including phenoxy) is 1. The molecule has 1 fully saturated rings. The van der Waals surface area contributed by atoms with Crippen molar-refractivity contribution in [3.05, 3.63) is 42.2 Å². The third-order valence-electron chi connectivity index (χ3n) is 4.05. The van der Waals surface area contributed by atoms with Crippen molar-refractivity contribution < 1.29 is 9.53 Å². The van der Waals surface area contributed by atoms with Gasteiger partial charge in [0.1, 0.15) is 0 Å². The van der Waals surface area contributed by atoms with Crippen molar-refractivity contribution in [3.63, 3.8) is 0 Å². The van der Waals surface area contributed by atoms with Gasteiger partial charge in [-0.05, 0) is 31.5 Å². The Morgan fingerprint density at radius 1 is 1.42 bits per heavy atom. The van der Waals surface area contributed by atoms with Crippen LogP contribution in [0.15, 0.2) is 36.5 Å². The maximum absolute atomic E-state index is 12.3. The number of hydrogen-bond acceptors (Lipinski definition) is 5. The monoisotopic (exact) mass is 351 g/mol. The van der Waals surface area contributed by atoms with Crippen molar-refractivity contribution >= 4 is 18.3 Å². The van der Waals surface area contributed by atoms with Crippen LogP contribution in [0, 0.1) is 0 Å². The fraction of sp³-hybridized carbons (Fsp3) is 0.438. The van der Waals surface area contributed by atoms with Gasteiger partial charge in [-0.15, -0.1) is 17.5 Å². The van der Waals surface area contributed by atoms with Crippen molar-refractivity contribution in [1.82, 2.24) is 25.6 Å². The number of halogens is 1. The average Bonchev–Trinajstić information content (AvgIpc) is 3.24. The molecule has 0 bridgehead atoms. The van der Waals surface area contributed by atoms with E-state index in [1.807, 2.05) is 30.3 Å². The summed E-state index contributed by atoms with van der Waals surface area (Å²) in [4.78, 5) is 13.7. The van der Waals surface area contributed by atoms with Crippen molar-refractivity contribution in [2.45, 2.75) is 18.4 Å². The van der Waals surface area contributed by atoms with Crippen LogP contribution in [0.25, 0.3) is 5.69 Å². The number of aromatic nitrogens is 3. The molecule has 1 aromatic carbocycles. The second-order valence-electron chi connectivity index (χ2n) is 5.78. The predicted octanol–water partition coefficient (Wildman–Crippen LogP) is 1.19. The van der Waals surface area contributed by atoms with E-state index in [4.69, 9.17) is 4.74 Å². The number of hydrogen-bond donors (Lipinski definition) is 2. The summed E-state index contributed by atoms with van der Waals surface area (Å²) in [6.07, 6.45) is 3.55. The number of benzene rings is 1. The third-order valence-corrected chi connectivity index (χ3v) is 4.05. The number of carbonyl (C=O) groups excluding carboxylic acids is 1. The highest BCUT2D eigenvalue weighted by molar-refractivity contribution is 5.91. The van der Waals surface area contributed by atoms with Gasteiger partial charge in [0.2, 0.25) is 0 Å². The standard InChI is InChI=1S/C16H21N5O2.ClH/c1-23-12-16(8-5-9-18-16)11-17-15(22)14-10-19-21(20-14)13-6-3-2-4-7-13;/h2-4,6-7,10,18H,5,8-9,11-12H2,1H3,(H,17,22);1H. The normalized spacial score (nSPS) is 19.7. The van der Waals surface area contributed by atoms with Crippen molar-refractivity contribution in [3.8, 4) is 5.69 Å². The minimum atomic E-state index is -0.226. The van der Waals surface area contributed by atoms with Crippen LogP contribution in [0.4, 0.5) is 0 Å². The van der Waals surface area contributed by atoms with Crippen LogP contribution in [0.3, 0.4) is 0 Å². The van der Waals surface area contributed by atoms with Crippen LogP contribution in [-0.2, 0) is 4.74 Å². The van der Waals surface area contributed by atoms with Crippen LogP contribution in [-0.4, -0.2) is 53.2 Å². The van der Waals surface area contributed by atoms with Gasteiger partial charge in [0.05, 0.1) is 24.0 Å². The molecule has 1 aliphatic rings. The number of methoxy groups -OCH3 is 1. The number of para-hydroxylation sites is 1. The molecular weight excluding hydrogens is 330 g/mol. The smallest absolute Gasteiger partial charge is 0.273 e. The number of nitrogens with zero attached hydrogens (tertiary/aromatic N) is 3. The fourth-order valence-electron chi connectivity index (χ4n) is 2.86. The second kappa shape index (κ2) is 8.23. The Morgan fingerprint density at radius 2 is 2.21 bits per heavy atom. The van der Waals surface area contributed by atoms with Gasteiger partial charge in [-0.2, -0.15) is 9.90 Å². The van der Waals surface area contributed by atoms with E-state index in [1.165, 1.54) is 11.0 Å². The minimum Gasteiger partial charge on any atom is -0.383 e. The molecule has 1 unspecified atom stereocenters. The Morgan fingerprint density at radius 3 is 2.88 bits per heavy atom. The van der Waals surface area contributed by atoms with Crippen molar-refractivity contribution in [2.75, 3.05) is 26.8 Å². The van der Waals surface area contributed by atoms with Crippen LogP contribution >= 0.6 is 12.4 Å². The summed E-state index contributed by atoms with van der Waals surface area (Å²) in [6, 6.07) is 9.50. The number of nitrogens with one attached hydrogen (secondary N) is 2. The van der Waals surface area contributed by atoms with Crippen LogP contribution < -0.4 is 10.6 Å². The predicted molar refractivity (Wildman–Crippen MR) is 92.8 cm³/mol. The third kappa shape index (κ3) is 4.11. The molecule has 8 heteroatoms. The highest BCUT2D eigenvalue weighted by Gasteiger charge is 2.34. The van der Waals surface area contributed by atoms with E-state index in [2.05, 4.69) is 20.8 Å². The molecule has 2 N–H and O–H groups in total. The Labute approximate surface area is 147 Å². The fourth-order valence-corrected chi connectivity index (χ4v) is 2.86. The van der Waals surface area contributed by atoms with E-state index in [0.717, 1.165) is 25.1 Å². The molecule has 1 aliphatic heterocycles. The molecule has 1 amide bonds. The first-order valence-electron chi connectivity index (χ1n) is 7.72. The van der Waals surface area contributed by atoms with Gasteiger partial charge >= 0.3 is 0 Å². The zero-order valence-electron chi connectivity index (χ0n) is 13.6. The Balaban J connectivity index is 0.00000208. The highest BCUT2D eigenvalue weighted by atomic mass is 35.5. The Kier molecular flexibility index (Phi) is 6.30. The summed E-state index contributed by atoms with van der Waals surface area (Å²) in [7, 11) is 1.68.